The number of carbonyl (C=O) groups excluding carboxylic acids is 1. The number of aliphatic hydroxyl groups is 5. The van der Waals surface area contributed by atoms with E-state index in [-0.39, 0.29) is 18.9 Å². The number of hydrogen-bond donors (Lipinski definition) is 6. The Bertz CT molecular complexity index is 1370. The first-order chi connectivity index (χ1) is 32.8. The minimum absolute atomic E-state index is 0.225. The summed E-state index contributed by atoms with van der Waals surface area (Å²) in [6, 6.07) is -0.853. The summed E-state index contributed by atoms with van der Waals surface area (Å²) >= 11 is 0. The van der Waals surface area contributed by atoms with Crippen molar-refractivity contribution in [1.29, 1.82) is 0 Å². The molecule has 0 saturated carbocycles. The van der Waals surface area contributed by atoms with Gasteiger partial charge < -0.3 is 40.3 Å². The maximum Gasteiger partial charge on any atom is 0.220 e. The molecule has 0 radical (unpaired) electrons. The van der Waals surface area contributed by atoms with Gasteiger partial charge in [-0.2, -0.15) is 0 Å². The molecule has 1 rings (SSSR count). The maximum atomic E-state index is 13.0. The fraction of sp³-hybridized carbons (Fsp3) is 0.707. The van der Waals surface area contributed by atoms with Gasteiger partial charge in [-0.25, -0.2) is 0 Å². The van der Waals surface area contributed by atoms with E-state index in [0.29, 0.717) is 12.8 Å². The Kier molecular flexibility index (Phi) is 43.4. The standard InChI is InChI=1S/C58H99NO8/c1-3-5-7-9-11-13-15-17-19-21-23-24-25-26-27-28-30-31-33-35-37-39-41-43-45-47-52(61)51(50-66-58-57(65)56(64)55(63)53(49-60)67-58)59-54(62)48-46-44-42-40-38-36-34-32-29-22-20-18-16-14-12-10-8-6-4-2/h6,8,12,14,18,20,29-32,36-39,45,47,51-53,55-58,60-61,63-65H,3-5,7,9-11,13,15-17,19,21-28,33-35,40-44,46,48-50H2,1-2H3,(H,59,62)/b8-6-,14-12-,20-18-,31-30+,32-29-,38-36-,39-37+,47-45+. The minimum Gasteiger partial charge on any atom is -0.394 e. The van der Waals surface area contributed by atoms with Crippen molar-refractivity contribution in [2.24, 2.45) is 0 Å². The molecule has 1 aliphatic heterocycles. The number of ether oxygens (including phenoxy) is 2. The fourth-order valence-electron chi connectivity index (χ4n) is 7.86. The first kappa shape index (κ1) is 62.1. The highest BCUT2D eigenvalue weighted by Crippen LogP contribution is 2.22. The van der Waals surface area contributed by atoms with Gasteiger partial charge in [-0.1, -0.05) is 207 Å². The van der Waals surface area contributed by atoms with Gasteiger partial charge in [-0.3, -0.25) is 4.79 Å². The summed E-state index contributed by atoms with van der Waals surface area (Å²) in [4.78, 5) is 13.0. The lowest BCUT2D eigenvalue weighted by Gasteiger charge is -2.40. The number of amides is 1. The Balaban J connectivity index is 2.34. The molecule has 9 heteroatoms. The van der Waals surface area contributed by atoms with E-state index in [2.05, 4.69) is 104 Å². The number of unbranched alkanes of at least 4 members (excludes halogenated alkanes) is 20. The second kappa shape index (κ2) is 46.8. The Morgan fingerprint density at radius 3 is 1.43 bits per heavy atom. The number of aliphatic hydroxyl groups excluding tert-OH is 5. The lowest BCUT2D eigenvalue weighted by molar-refractivity contribution is -0.302. The molecule has 1 fully saturated rings. The topological polar surface area (TPSA) is 149 Å². The number of carbonyl (C=O) groups is 1. The quantitative estimate of drug-likeness (QED) is 0.0261. The van der Waals surface area contributed by atoms with Gasteiger partial charge in [0.2, 0.25) is 5.91 Å². The zero-order valence-electron chi connectivity index (χ0n) is 42.4. The third kappa shape index (κ3) is 36.7. The number of rotatable bonds is 44. The zero-order chi connectivity index (χ0) is 48.7. The summed E-state index contributed by atoms with van der Waals surface area (Å²) < 4.78 is 11.2. The van der Waals surface area contributed by atoms with Crippen molar-refractivity contribution in [3.63, 3.8) is 0 Å². The van der Waals surface area contributed by atoms with Crippen LogP contribution in [0.1, 0.15) is 206 Å². The summed E-state index contributed by atoms with van der Waals surface area (Å²) in [6.45, 7) is 3.62. The summed E-state index contributed by atoms with van der Waals surface area (Å²) in [5, 5.41) is 54.4. The highest BCUT2D eigenvalue weighted by Gasteiger charge is 2.44. The van der Waals surface area contributed by atoms with E-state index < -0.39 is 49.5 Å². The molecule has 0 aromatic carbocycles. The lowest BCUT2D eigenvalue weighted by Crippen LogP contribution is -2.60. The van der Waals surface area contributed by atoms with Gasteiger partial charge in [0.1, 0.15) is 24.4 Å². The molecule has 384 valence electrons. The minimum atomic E-state index is -1.59. The Hall–Kier alpha value is -2.89. The van der Waals surface area contributed by atoms with E-state index in [1.165, 1.54) is 96.3 Å². The van der Waals surface area contributed by atoms with Crippen LogP contribution in [0.5, 0.6) is 0 Å². The third-order valence-electron chi connectivity index (χ3n) is 12.1. The molecule has 0 aromatic rings. The van der Waals surface area contributed by atoms with Gasteiger partial charge in [-0.05, 0) is 89.9 Å². The van der Waals surface area contributed by atoms with E-state index in [4.69, 9.17) is 9.47 Å². The van der Waals surface area contributed by atoms with Crippen molar-refractivity contribution in [3.8, 4) is 0 Å². The largest absolute Gasteiger partial charge is 0.394 e. The molecule has 6 N–H and O–H groups in total. The molecule has 1 heterocycles. The molecule has 9 nitrogen and oxygen atoms in total. The molecule has 1 aliphatic rings. The van der Waals surface area contributed by atoms with Crippen LogP contribution in [0.25, 0.3) is 0 Å². The van der Waals surface area contributed by atoms with Crippen molar-refractivity contribution in [2.75, 3.05) is 13.2 Å². The third-order valence-corrected chi connectivity index (χ3v) is 12.1. The summed E-state index contributed by atoms with van der Waals surface area (Å²) in [5.74, 6) is -0.225. The first-order valence-corrected chi connectivity index (χ1v) is 27.0. The van der Waals surface area contributed by atoms with E-state index >= 15 is 0 Å². The van der Waals surface area contributed by atoms with Crippen molar-refractivity contribution in [2.45, 2.75) is 249 Å². The molecule has 7 unspecified atom stereocenters. The predicted octanol–water partition coefficient (Wildman–Crippen LogP) is 12.8. The number of allylic oxidation sites excluding steroid dienone is 15. The highest BCUT2D eigenvalue weighted by atomic mass is 16.7. The highest BCUT2D eigenvalue weighted by molar-refractivity contribution is 5.76. The Labute approximate surface area is 409 Å². The predicted molar refractivity (Wildman–Crippen MR) is 281 cm³/mol. The smallest absolute Gasteiger partial charge is 0.220 e. The molecule has 1 saturated heterocycles. The molecule has 0 spiro atoms. The van der Waals surface area contributed by atoms with E-state index in [0.717, 1.165) is 77.0 Å². The monoisotopic (exact) mass is 938 g/mol. The van der Waals surface area contributed by atoms with Crippen molar-refractivity contribution in [3.05, 3.63) is 97.2 Å². The maximum absolute atomic E-state index is 13.0. The number of hydrogen-bond acceptors (Lipinski definition) is 8. The van der Waals surface area contributed by atoms with Crippen LogP contribution in [0.15, 0.2) is 97.2 Å². The van der Waals surface area contributed by atoms with Crippen LogP contribution >= 0.6 is 0 Å². The molecule has 0 aliphatic carbocycles. The van der Waals surface area contributed by atoms with Crippen molar-refractivity contribution >= 4 is 5.91 Å². The van der Waals surface area contributed by atoms with Gasteiger partial charge >= 0.3 is 0 Å². The molecule has 1 amide bonds. The van der Waals surface area contributed by atoms with Crippen LogP contribution in [0.3, 0.4) is 0 Å². The Morgan fingerprint density at radius 2 is 0.940 bits per heavy atom. The van der Waals surface area contributed by atoms with Crippen LogP contribution in [0, 0.1) is 0 Å². The van der Waals surface area contributed by atoms with E-state index in [1.807, 2.05) is 6.08 Å². The van der Waals surface area contributed by atoms with Crippen LogP contribution < -0.4 is 5.32 Å². The van der Waals surface area contributed by atoms with Crippen LogP contribution in [-0.2, 0) is 14.3 Å². The van der Waals surface area contributed by atoms with Gasteiger partial charge in [-0.15, -0.1) is 0 Å². The fourth-order valence-corrected chi connectivity index (χ4v) is 7.86. The van der Waals surface area contributed by atoms with Crippen LogP contribution in [-0.4, -0.2) is 87.5 Å². The van der Waals surface area contributed by atoms with E-state index in [1.54, 1.807) is 6.08 Å². The molecule has 7 atom stereocenters. The summed E-state index contributed by atoms with van der Waals surface area (Å²) in [7, 11) is 0. The second-order valence-corrected chi connectivity index (χ2v) is 18.3. The van der Waals surface area contributed by atoms with E-state index in [9.17, 15) is 30.3 Å². The van der Waals surface area contributed by atoms with Gasteiger partial charge in [0, 0.05) is 6.42 Å². The van der Waals surface area contributed by atoms with Gasteiger partial charge in [0.15, 0.2) is 6.29 Å². The van der Waals surface area contributed by atoms with Gasteiger partial charge in [0.25, 0.3) is 0 Å². The molecule has 0 aromatic heterocycles. The first-order valence-electron chi connectivity index (χ1n) is 27.0. The number of nitrogens with one attached hydrogen (secondary N) is 1. The average Bonchev–Trinajstić information content (AvgIpc) is 3.33. The molecule has 0 bridgehead atoms. The Morgan fingerprint density at radius 1 is 0.522 bits per heavy atom. The summed E-state index contributed by atoms with van der Waals surface area (Å²) in [5.41, 5.74) is 0. The molecular weight excluding hydrogens is 839 g/mol. The average molecular weight is 938 g/mol. The van der Waals surface area contributed by atoms with Crippen molar-refractivity contribution < 1.29 is 39.8 Å². The van der Waals surface area contributed by atoms with Crippen molar-refractivity contribution in [1.82, 2.24) is 5.32 Å². The molecular formula is C58H99NO8. The summed E-state index contributed by atoms with van der Waals surface area (Å²) in [6.07, 6.45) is 60.4. The normalized spacial score (nSPS) is 20.5. The lowest BCUT2D eigenvalue weighted by atomic mass is 9.99. The zero-order valence-corrected chi connectivity index (χ0v) is 42.4. The van der Waals surface area contributed by atoms with Crippen LogP contribution in [0.4, 0.5) is 0 Å². The van der Waals surface area contributed by atoms with Gasteiger partial charge in [0.05, 0.1) is 25.4 Å². The SMILES string of the molecule is CC/C=C\C/C=C\C/C=C\C/C=C\C/C=C\CCCCCC(=O)NC(COC1OC(CO)C(O)C(O)C1O)C(O)/C=C/CC/C=C/CC/C=C/CCCCCCCCCCCCCCCCC. The van der Waals surface area contributed by atoms with Crippen LogP contribution in [0.2, 0.25) is 0 Å². The molecule has 67 heavy (non-hydrogen) atoms. The second-order valence-electron chi connectivity index (χ2n) is 18.3.